The lowest BCUT2D eigenvalue weighted by atomic mass is 9.99. The quantitative estimate of drug-likeness (QED) is 0.304. The van der Waals surface area contributed by atoms with Crippen LogP contribution in [0.5, 0.6) is 0 Å². The van der Waals surface area contributed by atoms with Crippen molar-refractivity contribution in [2.75, 3.05) is 11.9 Å². The van der Waals surface area contributed by atoms with Gasteiger partial charge in [0.25, 0.3) is 5.92 Å². The van der Waals surface area contributed by atoms with Gasteiger partial charge in [-0.2, -0.15) is 8.78 Å². The van der Waals surface area contributed by atoms with E-state index < -0.39 is 5.92 Å². The van der Waals surface area contributed by atoms with Gasteiger partial charge in [0.2, 0.25) is 5.95 Å². The molecule has 4 rings (SSSR count). The fourth-order valence-electron chi connectivity index (χ4n) is 4.66. The minimum Gasteiger partial charge on any atom is -0.355 e. The van der Waals surface area contributed by atoms with Crippen LogP contribution in [0.4, 0.5) is 14.7 Å². The van der Waals surface area contributed by atoms with Crippen LogP contribution < -0.4 is 5.32 Å². The number of aromatic amines is 2. The first-order valence-corrected chi connectivity index (χ1v) is 12.8. The van der Waals surface area contributed by atoms with E-state index in [-0.39, 0.29) is 11.1 Å². The standard InChI is InChI=1S/C30H37F2N5/c1-9-29(10-11-29)16-34-28-33-15-27(37-28)19(4)13-25-21(6)20(5)24(30(25,31)32)12-17(2)18(3)14-26-22(7)35-23(8)36-26/h12-15H,4,6,9-11,16H2,1-3,5,7-8H3,(H,35,36)(H2,33,34,37)/b17-12+,18-14+,25-13+. The molecule has 1 saturated carbocycles. The molecule has 2 aliphatic rings. The predicted octanol–water partition coefficient (Wildman–Crippen LogP) is 7.86. The fourth-order valence-corrected chi connectivity index (χ4v) is 4.66. The van der Waals surface area contributed by atoms with Gasteiger partial charge in [-0.05, 0) is 105 Å². The lowest BCUT2D eigenvalue weighted by Crippen LogP contribution is -2.17. The highest BCUT2D eigenvalue weighted by Crippen LogP contribution is 2.49. The predicted molar refractivity (Wildman–Crippen MR) is 148 cm³/mol. The van der Waals surface area contributed by atoms with Crippen molar-refractivity contribution in [1.82, 2.24) is 19.9 Å². The number of alkyl halides is 2. The van der Waals surface area contributed by atoms with E-state index in [2.05, 4.69) is 45.3 Å². The Morgan fingerprint density at radius 3 is 2.41 bits per heavy atom. The molecule has 2 aromatic heterocycles. The van der Waals surface area contributed by atoms with Crippen molar-refractivity contribution in [3.05, 3.63) is 87.9 Å². The van der Waals surface area contributed by atoms with E-state index in [0.29, 0.717) is 33.8 Å². The number of rotatable bonds is 9. The van der Waals surface area contributed by atoms with E-state index in [1.807, 2.05) is 33.8 Å². The first kappa shape index (κ1) is 26.6. The molecule has 0 unspecified atom stereocenters. The Kier molecular flexibility index (Phi) is 7.01. The summed E-state index contributed by atoms with van der Waals surface area (Å²) in [7, 11) is 0. The molecule has 0 spiro atoms. The summed E-state index contributed by atoms with van der Waals surface area (Å²) in [5.41, 5.74) is 5.37. The molecule has 7 heteroatoms. The van der Waals surface area contributed by atoms with Crippen molar-refractivity contribution in [3.63, 3.8) is 0 Å². The van der Waals surface area contributed by atoms with E-state index >= 15 is 8.78 Å². The Hall–Kier alpha value is -3.48. The van der Waals surface area contributed by atoms with Gasteiger partial charge in [-0.15, -0.1) is 0 Å². The van der Waals surface area contributed by atoms with Gasteiger partial charge < -0.3 is 15.3 Å². The van der Waals surface area contributed by atoms with Crippen LogP contribution in [0.2, 0.25) is 0 Å². The number of nitrogens with zero attached hydrogens (tertiary/aromatic N) is 2. The molecule has 0 radical (unpaired) electrons. The summed E-state index contributed by atoms with van der Waals surface area (Å²) in [6.07, 6.45) is 10.1. The maximum absolute atomic E-state index is 15.7. The van der Waals surface area contributed by atoms with E-state index in [1.54, 1.807) is 19.2 Å². The summed E-state index contributed by atoms with van der Waals surface area (Å²) in [4.78, 5) is 15.2. The number of anilines is 1. The number of allylic oxidation sites excluding steroid dienone is 9. The molecule has 0 amide bonds. The molecule has 0 atom stereocenters. The van der Waals surface area contributed by atoms with Gasteiger partial charge in [0.15, 0.2) is 0 Å². The van der Waals surface area contributed by atoms with Gasteiger partial charge in [-0.25, -0.2) is 9.97 Å². The molecule has 3 N–H and O–H groups in total. The molecule has 0 aliphatic heterocycles. The van der Waals surface area contributed by atoms with Crippen LogP contribution in [-0.4, -0.2) is 32.4 Å². The third-order valence-electron chi connectivity index (χ3n) is 7.81. The third-order valence-corrected chi connectivity index (χ3v) is 7.81. The summed E-state index contributed by atoms with van der Waals surface area (Å²) in [5, 5.41) is 3.34. The van der Waals surface area contributed by atoms with Crippen LogP contribution in [0, 0.1) is 19.3 Å². The van der Waals surface area contributed by atoms with Gasteiger partial charge in [0.05, 0.1) is 17.6 Å². The Morgan fingerprint density at radius 1 is 1.14 bits per heavy atom. The first-order valence-electron chi connectivity index (χ1n) is 12.8. The number of hydrogen-bond acceptors (Lipinski definition) is 3. The van der Waals surface area contributed by atoms with Crippen LogP contribution in [0.15, 0.2) is 64.9 Å². The average Bonchev–Trinajstić information content (AvgIpc) is 3.29. The lowest BCUT2D eigenvalue weighted by molar-refractivity contribution is 0.0948. The topological polar surface area (TPSA) is 69.4 Å². The maximum atomic E-state index is 15.7. The average molecular weight is 506 g/mol. The molecule has 196 valence electrons. The first-order chi connectivity index (χ1) is 17.4. The summed E-state index contributed by atoms with van der Waals surface area (Å²) >= 11 is 0. The number of imidazole rings is 2. The minimum absolute atomic E-state index is 0.0435. The molecule has 2 aromatic rings. The maximum Gasteiger partial charge on any atom is 0.299 e. The van der Waals surface area contributed by atoms with Crippen LogP contribution in [0.25, 0.3) is 11.6 Å². The lowest BCUT2D eigenvalue weighted by Gasteiger charge is -2.16. The highest BCUT2D eigenvalue weighted by atomic mass is 19.3. The SMILES string of the molecule is C=C1C(C)=C(/C=C(C)/C(C)=C/c2nc(C)[nH]c2C)C(F)(F)/C1=C/C(=C)c1cnc(NCC2(CC)CC2)[nH]1. The number of H-pyrrole nitrogens is 2. The second kappa shape index (κ2) is 9.77. The van der Waals surface area contributed by atoms with E-state index in [4.69, 9.17) is 0 Å². The Labute approximate surface area is 218 Å². The third kappa shape index (κ3) is 5.31. The van der Waals surface area contributed by atoms with Crippen LogP contribution >= 0.6 is 0 Å². The molecule has 0 aromatic carbocycles. The Morgan fingerprint density at radius 2 is 1.81 bits per heavy atom. The molecule has 1 fully saturated rings. The van der Waals surface area contributed by atoms with Crippen molar-refractivity contribution in [3.8, 4) is 0 Å². The smallest absolute Gasteiger partial charge is 0.299 e. The van der Waals surface area contributed by atoms with Crippen molar-refractivity contribution < 1.29 is 8.78 Å². The fraction of sp³-hybridized carbons (Fsp3) is 0.400. The summed E-state index contributed by atoms with van der Waals surface area (Å²) in [6.45, 7) is 20.3. The van der Waals surface area contributed by atoms with Gasteiger partial charge in [-0.1, -0.05) is 20.1 Å². The number of halogens is 2. The zero-order valence-corrected chi connectivity index (χ0v) is 22.7. The Bertz CT molecular complexity index is 1370. The molecule has 37 heavy (non-hydrogen) atoms. The van der Waals surface area contributed by atoms with E-state index in [9.17, 15) is 0 Å². The van der Waals surface area contributed by atoms with Crippen molar-refractivity contribution in [2.24, 2.45) is 5.41 Å². The molecular formula is C30H37F2N5. The highest BCUT2D eigenvalue weighted by Gasteiger charge is 2.46. The van der Waals surface area contributed by atoms with E-state index in [0.717, 1.165) is 41.3 Å². The molecule has 5 nitrogen and oxygen atoms in total. The van der Waals surface area contributed by atoms with Gasteiger partial charge in [0.1, 0.15) is 5.82 Å². The van der Waals surface area contributed by atoms with Crippen molar-refractivity contribution in [1.29, 1.82) is 0 Å². The highest BCUT2D eigenvalue weighted by molar-refractivity contribution is 5.76. The second-order valence-corrected chi connectivity index (χ2v) is 10.5. The summed E-state index contributed by atoms with van der Waals surface area (Å²) in [6, 6.07) is 0. The normalized spacial score (nSPS) is 20.2. The van der Waals surface area contributed by atoms with Gasteiger partial charge in [0, 0.05) is 23.4 Å². The van der Waals surface area contributed by atoms with Crippen LogP contribution in [0.1, 0.15) is 69.9 Å². The Balaban J connectivity index is 1.54. The molecule has 2 heterocycles. The monoisotopic (exact) mass is 505 g/mol. The summed E-state index contributed by atoms with van der Waals surface area (Å²) < 4.78 is 31.4. The minimum atomic E-state index is -3.19. The molecule has 0 saturated heterocycles. The largest absolute Gasteiger partial charge is 0.355 e. The van der Waals surface area contributed by atoms with Crippen molar-refractivity contribution >= 4 is 17.6 Å². The molecule has 0 bridgehead atoms. The number of aromatic nitrogens is 4. The second-order valence-electron chi connectivity index (χ2n) is 10.5. The van der Waals surface area contributed by atoms with Crippen molar-refractivity contribution in [2.45, 2.75) is 66.7 Å². The number of hydrogen-bond donors (Lipinski definition) is 3. The summed E-state index contributed by atoms with van der Waals surface area (Å²) in [5.74, 6) is -1.74. The molecule has 2 aliphatic carbocycles. The number of aryl methyl sites for hydroxylation is 2. The van der Waals surface area contributed by atoms with E-state index in [1.165, 1.54) is 18.9 Å². The zero-order valence-electron chi connectivity index (χ0n) is 22.7. The van der Waals surface area contributed by atoms with Crippen LogP contribution in [0.3, 0.4) is 0 Å². The molecular weight excluding hydrogens is 468 g/mol. The number of nitrogens with one attached hydrogen (secondary N) is 3. The van der Waals surface area contributed by atoms with Crippen LogP contribution in [-0.2, 0) is 0 Å². The van der Waals surface area contributed by atoms with Gasteiger partial charge >= 0.3 is 0 Å². The zero-order chi connectivity index (χ0) is 27.1. The van der Waals surface area contributed by atoms with Gasteiger partial charge in [-0.3, -0.25) is 0 Å².